The topological polar surface area (TPSA) is 108 Å². The van der Waals surface area contributed by atoms with Crippen LogP contribution >= 0.6 is 7.82 Å². The molecule has 2 atom stereocenters. The number of carbonyl (C=O) groups is 2. The largest absolute Gasteiger partial charge is 0.472 e. The second kappa shape index (κ2) is 76.2. The molecule has 0 aromatic rings. The number of likely N-dealkylation sites (N-methyl/N-ethyl adjacent to an activating group) is 1. The standard InChI is InChI=1S/C85H162NO8P/c1-6-8-10-12-14-16-18-20-22-24-26-28-30-32-34-36-38-40-42-44-45-47-49-51-53-55-57-59-61-63-65-67-69-71-73-75-77-84(87)91-81-83(82-93-95(89,90)92-80-79-86(3,4)5)94-85(88)78-76-74-72-70-68-66-64-62-60-58-56-54-52-50-48-46-43-41-39-37-35-33-31-29-27-25-23-21-19-17-15-13-11-9-7-2/h9,11,15,17,21,23,27,29,83H,6-8,10,12-14,16,18-20,22,24-26,28,30-82H2,1-5H3/p+1/b11-9-,17-15-,23-21-,29-27-. The minimum Gasteiger partial charge on any atom is -0.462 e. The molecule has 560 valence electrons. The molecular weight excluding hydrogens is 1190 g/mol. The molecule has 95 heavy (non-hydrogen) atoms. The highest BCUT2D eigenvalue weighted by Gasteiger charge is 2.27. The number of esters is 2. The van der Waals surface area contributed by atoms with Gasteiger partial charge in [0.05, 0.1) is 27.7 Å². The molecule has 1 N–H and O–H groups in total. The Morgan fingerprint density at radius 3 is 0.895 bits per heavy atom. The first-order valence-electron chi connectivity index (χ1n) is 41.9. The molecule has 0 radical (unpaired) electrons. The quantitative estimate of drug-likeness (QED) is 0.0211. The number of unbranched alkanes of at least 4 members (excludes halogenated alkanes) is 57. The van der Waals surface area contributed by atoms with Crippen molar-refractivity contribution in [1.82, 2.24) is 0 Å². The maximum Gasteiger partial charge on any atom is 0.472 e. The predicted molar refractivity (Wildman–Crippen MR) is 413 cm³/mol. The third kappa shape index (κ3) is 80.8. The number of phosphoric acid groups is 1. The van der Waals surface area contributed by atoms with Crippen molar-refractivity contribution in [1.29, 1.82) is 0 Å². The molecule has 0 heterocycles. The van der Waals surface area contributed by atoms with E-state index in [1.54, 1.807) is 0 Å². The second-order valence-electron chi connectivity index (χ2n) is 29.8. The van der Waals surface area contributed by atoms with Crippen molar-refractivity contribution in [3.05, 3.63) is 48.6 Å². The number of hydrogen-bond acceptors (Lipinski definition) is 7. The molecule has 9 nitrogen and oxygen atoms in total. The Labute approximate surface area is 592 Å². The Bertz CT molecular complexity index is 1740. The van der Waals surface area contributed by atoms with Gasteiger partial charge in [0, 0.05) is 12.8 Å². The van der Waals surface area contributed by atoms with Crippen LogP contribution in [-0.2, 0) is 32.7 Å². The van der Waals surface area contributed by atoms with Gasteiger partial charge in [0.25, 0.3) is 0 Å². The zero-order valence-corrected chi connectivity index (χ0v) is 65.1. The molecule has 0 spiro atoms. The average Bonchev–Trinajstić information content (AvgIpc) is 2.16. The third-order valence-corrected chi connectivity index (χ3v) is 20.1. The van der Waals surface area contributed by atoms with Gasteiger partial charge in [0.15, 0.2) is 6.10 Å². The van der Waals surface area contributed by atoms with E-state index >= 15 is 0 Å². The van der Waals surface area contributed by atoms with Crippen LogP contribution in [0.1, 0.15) is 431 Å². The van der Waals surface area contributed by atoms with Crippen molar-refractivity contribution in [3.63, 3.8) is 0 Å². The average molecular weight is 1360 g/mol. The van der Waals surface area contributed by atoms with Gasteiger partial charge in [-0.3, -0.25) is 18.6 Å². The van der Waals surface area contributed by atoms with Crippen LogP contribution < -0.4 is 0 Å². The number of allylic oxidation sites excluding steroid dienone is 8. The molecule has 0 aliphatic rings. The summed E-state index contributed by atoms with van der Waals surface area (Å²) in [5, 5.41) is 0. The van der Waals surface area contributed by atoms with Crippen LogP contribution in [0.3, 0.4) is 0 Å². The molecule has 0 aromatic heterocycles. The van der Waals surface area contributed by atoms with Gasteiger partial charge in [-0.15, -0.1) is 0 Å². The van der Waals surface area contributed by atoms with Gasteiger partial charge in [-0.1, -0.05) is 416 Å². The van der Waals surface area contributed by atoms with E-state index in [0.717, 1.165) is 57.8 Å². The Hall–Kier alpha value is -2.03. The van der Waals surface area contributed by atoms with Crippen molar-refractivity contribution in [2.75, 3.05) is 47.5 Å². The van der Waals surface area contributed by atoms with Crippen LogP contribution in [0.15, 0.2) is 48.6 Å². The molecule has 0 aromatic carbocycles. The van der Waals surface area contributed by atoms with Crippen molar-refractivity contribution in [2.45, 2.75) is 437 Å². The van der Waals surface area contributed by atoms with E-state index in [2.05, 4.69) is 62.5 Å². The van der Waals surface area contributed by atoms with Gasteiger partial charge in [0.2, 0.25) is 0 Å². The summed E-state index contributed by atoms with van der Waals surface area (Å²) in [7, 11) is 1.50. The summed E-state index contributed by atoms with van der Waals surface area (Å²) in [4.78, 5) is 36.0. The predicted octanol–water partition coefficient (Wildman–Crippen LogP) is 27.9. The first kappa shape index (κ1) is 93.0. The number of ether oxygens (including phenoxy) is 2. The zero-order valence-electron chi connectivity index (χ0n) is 64.2. The van der Waals surface area contributed by atoms with E-state index < -0.39 is 26.5 Å². The minimum atomic E-state index is -4.39. The van der Waals surface area contributed by atoms with Gasteiger partial charge in [0.1, 0.15) is 19.8 Å². The van der Waals surface area contributed by atoms with Crippen LogP contribution in [-0.4, -0.2) is 74.9 Å². The number of quaternary nitrogens is 1. The van der Waals surface area contributed by atoms with E-state index in [-0.39, 0.29) is 25.6 Å². The molecule has 0 saturated heterocycles. The molecule has 0 rings (SSSR count). The molecule has 0 bridgehead atoms. The summed E-state index contributed by atoms with van der Waals surface area (Å²) in [5.41, 5.74) is 0. The fraction of sp³-hybridized carbons (Fsp3) is 0.882. The summed E-state index contributed by atoms with van der Waals surface area (Å²) in [6, 6.07) is 0. The van der Waals surface area contributed by atoms with Gasteiger partial charge < -0.3 is 18.9 Å². The van der Waals surface area contributed by atoms with Gasteiger partial charge in [-0.25, -0.2) is 4.57 Å². The summed E-state index contributed by atoms with van der Waals surface area (Å²) < 4.78 is 34.9. The number of hydrogen-bond donors (Lipinski definition) is 1. The highest BCUT2D eigenvalue weighted by Crippen LogP contribution is 2.43. The summed E-state index contributed by atoms with van der Waals surface area (Å²) in [6.07, 6.45) is 101. The second-order valence-corrected chi connectivity index (χ2v) is 31.3. The van der Waals surface area contributed by atoms with E-state index in [1.807, 2.05) is 21.1 Å². The zero-order chi connectivity index (χ0) is 69.0. The Kier molecular flexibility index (Phi) is 74.5. The SMILES string of the molecule is CC/C=C\C/C=C\C/C=C\C/C=C\CCCCCCCCCCCCCCCCCCCCCCCCC(=O)OC(COC(=O)CCCCCCCCCCCCCCCCCCCCCCCCCCCCCCCCCCCCCC)COP(=O)(O)OCC[N+](C)(C)C. The van der Waals surface area contributed by atoms with Crippen molar-refractivity contribution in [3.8, 4) is 0 Å². The van der Waals surface area contributed by atoms with E-state index in [0.29, 0.717) is 23.9 Å². The van der Waals surface area contributed by atoms with Crippen LogP contribution in [0.4, 0.5) is 0 Å². The van der Waals surface area contributed by atoms with Gasteiger partial charge >= 0.3 is 19.8 Å². The van der Waals surface area contributed by atoms with E-state index in [9.17, 15) is 19.0 Å². The molecular formula is C85H163NO8P+. The molecule has 2 unspecified atom stereocenters. The number of nitrogens with zero attached hydrogens (tertiary/aromatic N) is 1. The fourth-order valence-corrected chi connectivity index (χ4v) is 13.5. The van der Waals surface area contributed by atoms with Crippen LogP contribution in [0.2, 0.25) is 0 Å². The molecule has 0 aliphatic carbocycles. The summed E-state index contributed by atoms with van der Waals surface area (Å²) in [5.74, 6) is -0.770. The summed E-state index contributed by atoms with van der Waals surface area (Å²) >= 11 is 0. The van der Waals surface area contributed by atoms with Gasteiger partial charge in [-0.2, -0.15) is 0 Å². The fourth-order valence-electron chi connectivity index (χ4n) is 12.8. The lowest BCUT2D eigenvalue weighted by atomic mass is 10.0. The van der Waals surface area contributed by atoms with Crippen LogP contribution in [0, 0.1) is 0 Å². The first-order valence-corrected chi connectivity index (χ1v) is 43.4. The Balaban J connectivity index is 3.87. The monoisotopic (exact) mass is 1360 g/mol. The first-order chi connectivity index (χ1) is 46.5. The van der Waals surface area contributed by atoms with E-state index in [1.165, 1.54) is 340 Å². The Morgan fingerprint density at radius 1 is 0.337 bits per heavy atom. The van der Waals surface area contributed by atoms with E-state index in [4.69, 9.17) is 18.5 Å². The molecule has 0 aliphatic heterocycles. The number of phosphoric ester groups is 1. The highest BCUT2D eigenvalue weighted by molar-refractivity contribution is 7.47. The van der Waals surface area contributed by atoms with Crippen LogP contribution in [0.5, 0.6) is 0 Å². The van der Waals surface area contributed by atoms with Crippen LogP contribution in [0.25, 0.3) is 0 Å². The molecule has 0 saturated carbocycles. The van der Waals surface area contributed by atoms with Gasteiger partial charge in [-0.05, 0) is 51.4 Å². The maximum absolute atomic E-state index is 12.9. The molecule has 0 amide bonds. The normalized spacial score (nSPS) is 13.2. The lowest BCUT2D eigenvalue weighted by Gasteiger charge is -2.24. The number of carbonyl (C=O) groups excluding carboxylic acids is 2. The van der Waals surface area contributed by atoms with Crippen molar-refractivity contribution in [2.24, 2.45) is 0 Å². The molecule has 10 heteroatoms. The number of rotatable bonds is 79. The lowest BCUT2D eigenvalue weighted by Crippen LogP contribution is -2.37. The summed E-state index contributed by atoms with van der Waals surface area (Å²) in [6.45, 7) is 4.41. The maximum atomic E-state index is 12.9. The Morgan fingerprint density at radius 2 is 0.600 bits per heavy atom. The highest BCUT2D eigenvalue weighted by atomic mass is 31.2. The minimum absolute atomic E-state index is 0.0351. The smallest absolute Gasteiger partial charge is 0.462 e. The van der Waals surface area contributed by atoms with Crippen molar-refractivity contribution < 1.29 is 42.1 Å². The molecule has 0 fully saturated rings. The lowest BCUT2D eigenvalue weighted by molar-refractivity contribution is -0.870. The van der Waals surface area contributed by atoms with Crippen molar-refractivity contribution >= 4 is 19.8 Å². The third-order valence-electron chi connectivity index (χ3n) is 19.1.